The number of aromatic nitrogens is 2. The van der Waals surface area contributed by atoms with Gasteiger partial charge in [0.1, 0.15) is 0 Å². The monoisotopic (exact) mass is 425 g/mol. The molecule has 1 atom stereocenters. The number of hydrogen-bond donors (Lipinski definition) is 1. The first-order valence-corrected chi connectivity index (χ1v) is 10.8. The molecule has 3 aromatic rings. The quantitative estimate of drug-likeness (QED) is 0.688. The highest BCUT2D eigenvalue weighted by Crippen LogP contribution is 2.38. The van der Waals surface area contributed by atoms with Crippen LogP contribution in [0.4, 0.5) is 11.6 Å². The zero-order chi connectivity index (χ0) is 20.0. The fourth-order valence-electron chi connectivity index (χ4n) is 3.85. The van der Waals surface area contributed by atoms with Crippen LogP contribution in [0.25, 0.3) is 10.4 Å². The van der Waals surface area contributed by atoms with E-state index in [1.807, 2.05) is 31.3 Å². The number of amides is 1. The first kappa shape index (κ1) is 18.5. The molecule has 1 saturated heterocycles. The fourth-order valence-corrected chi connectivity index (χ4v) is 5.10. The minimum atomic E-state index is 0.0120. The maximum atomic E-state index is 13.0. The Labute approximate surface area is 178 Å². The number of anilines is 2. The van der Waals surface area contributed by atoms with E-state index in [-0.39, 0.29) is 5.91 Å². The number of benzene rings is 1. The van der Waals surface area contributed by atoms with E-state index in [0.717, 1.165) is 52.0 Å². The lowest BCUT2D eigenvalue weighted by atomic mass is 10.1. The summed E-state index contributed by atoms with van der Waals surface area (Å²) >= 11 is 7.50. The fraction of sp³-hybridized carbons (Fsp3) is 0.286. The van der Waals surface area contributed by atoms with Gasteiger partial charge in [0.2, 0.25) is 5.95 Å². The Morgan fingerprint density at radius 1 is 1.21 bits per heavy atom. The lowest BCUT2D eigenvalue weighted by Gasteiger charge is -2.19. The van der Waals surface area contributed by atoms with Crippen molar-refractivity contribution in [3.63, 3.8) is 0 Å². The van der Waals surface area contributed by atoms with Crippen molar-refractivity contribution in [3.05, 3.63) is 58.2 Å². The Bertz CT molecular complexity index is 1050. The van der Waals surface area contributed by atoms with E-state index in [9.17, 15) is 4.79 Å². The number of hydrogen-bond acceptors (Lipinski definition) is 6. The number of rotatable bonds is 4. The molecule has 2 aliphatic heterocycles. The normalized spacial score (nSPS) is 18.6. The molecule has 1 aromatic carbocycles. The zero-order valence-corrected chi connectivity index (χ0v) is 17.5. The Morgan fingerprint density at radius 3 is 2.62 bits per heavy atom. The Morgan fingerprint density at radius 2 is 1.97 bits per heavy atom. The van der Waals surface area contributed by atoms with E-state index >= 15 is 0 Å². The van der Waals surface area contributed by atoms with E-state index in [4.69, 9.17) is 11.6 Å². The lowest BCUT2D eigenvalue weighted by Crippen LogP contribution is -2.30. The van der Waals surface area contributed by atoms with Crippen molar-refractivity contribution < 1.29 is 4.79 Å². The van der Waals surface area contributed by atoms with Gasteiger partial charge in [-0.2, -0.15) is 0 Å². The minimum absolute atomic E-state index is 0.0120. The van der Waals surface area contributed by atoms with Gasteiger partial charge in [0.25, 0.3) is 5.91 Å². The molecule has 2 aliphatic rings. The smallest absolute Gasteiger partial charge is 0.269 e. The van der Waals surface area contributed by atoms with E-state index in [0.29, 0.717) is 17.6 Å². The standard InChI is InChI=1S/C21H20ClN5OS/c1-23-16-6-7-26(12-16)21-24-9-17(10-25-21)27-11-14-8-18(29-19(14)20(27)28)13-2-4-15(22)5-3-13/h2-5,8-10,16,23H,6-7,11-12H2,1H3. The number of carbonyl (C=O) groups excluding carboxylic acids is 1. The summed E-state index contributed by atoms with van der Waals surface area (Å²) in [7, 11) is 1.98. The van der Waals surface area contributed by atoms with Crippen molar-refractivity contribution in [1.29, 1.82) is 0 Å². The molecule has 8 heteroatoms. The SMILES string of the molecule is CNC1CCN(c2ncc(N3Cc4cc(-c5ccc(Cl)cc5)sc4C3=O)cn2)C1. The summed E-state index contributed by atoms with van der Waals surface area (Å²) < 4.78 is 0. The van der Waals surface area contributed by atoms with Gasteiger partial charge < -0.3 is 15.1 Å². The summed E-state index contributed by atoms with van der Waals surface area (Å²) in [5.41, 5.74) is 2.86. The van der Waals surface area contributed by atoms with Gasteiger partial charge in [0, 0.05) is 29.0 Å². The Balaban J connectivity index is 1.33. The molecule has 1 unspecified atom stereocenters. The molecule has 148 valence electrons. The third-order valence-corrected chi connectivity index (χ3v) is 6.99. The molecule has 0 spiro atoms. The summed E-state index contributed by atoms with van der Waals surface area (Å²) in [6, 6.07) is 10.3. The van der Waals surface area contributed by atoms with Crippen molar-refractivity contribution in [3.8, 4) is 10.4 Å². The van der Waals surface area contributed by atoms with Crippen LogP contribution in [0.2, 0.25) is 5.02 Å². The van der Waals surface area contributed by atoms with Crippen LogP contribution in [-0.4, -0.2) is 42.1 Å². The second-order valence-corrected chi connectivity index (χ2v) is 8.81. The van der Waals surface area contributed by atoms with Crippen molar-refractivity contribution >= 4 is 40.5 Å². The number of thiophene rings is 1. The second kappa shape index (κ2) is 7.40. The molecule has 0 bridgehead atoms. The molecule has 0 radical (unpaired) electrons. The van der Waals surface area contributed by atoms with E-state index < -0.39 is 0 Å². The number of halogens is 1. The van der Waals surface area contributed by atoms with Crippen molar-refractivity contribution in [1.82, 2.24) is 15.3 Å². The highest BCUT2D eigenvalue weighted by molar-refractivity contribution is 7.17. The van der Waals surface area contributed by atoms with Gasteiger partial charge in [0.15, 0.2) is 0 Å². The van der Waals surface area contributed by atoms with Gasteiger partial charge in [-0.15, -0.1) is 11.3 Å². The summed E-state index contributed by atoms with van der Waals surface area (Å²) in [6.07, 6.45) is 4.59. The summed E-state index contributed by atoms with van der Waals surface area (Å²) in [6.45, 7) is 2.40. The molecule has 4 heterocycles. The van der Waals surface area contributed by atoms with Crippen LogP contribution in [0.5, 0.6) is 0 Å². The van der Waals surface area contributed by atoms with Crippen LogP contribution in [0.3, 0.4) is 0 Å². The average molecular weight is 426 g/mol. The first-order chi connectivity index (χ1) is 14.1. The van der Waals surface area contributed by atoms with Crippen LogP contribution in [0.1, 0.15) is 21.7 Å². The largest absolute Gasteiger partial charge is 0.339 e. The molecule has 1 fully saturated rings. The molecule has 1 amide bonds. The van der Waals surface area contributed by atoms with Crippen LogP contribution >= 0.6 is 22.9 Å². The summed E-state index contributed by atoms with van der Waals surface area (Å²) in [5, 5.41) is 4.00. The minimum Gasteiger partial charge on any atom is -0.339 e. The molecule has 0 aliphatic carbocycles. The second-order valence-electron chi connectivity index (χ2n) is 7.32. The van der Waals surface area contributed by atoms with Crippen LogP contribution in [0.15, 0.2) is 42.7 Å². The molecule has 6 nitrogen and oxygen atoms in total. The average Bonchev–Trinajstić information content (AvgIpc) is 3.45. The summed E-state index contributed by atoms with van der Waals surface area (Å²) in [5.74, 6) is 0.732. The van der Waals surface area contributed by atoms with Crippen molar-refractivity contribution in [2.45, 2.75) is 19.0 Å². The van der Waals surface area contributed by atoms with Crippen LogP contribution in [-0.2, 0) is 6.54 Å². The van der Waals surface area contributed by atoms with Crippen molar-refractivity contribution in [2.24, 2.45) is 0 Å². The predicted octanol–water partition coefficient (Wildman–Crippen LogP) is 3.82. The number of nitrogens with zero attached hydrogens (tertiary/aromatic N) is 4. The molecule has 5 rings (SSSR count). The van der Waals surface area contributed by atoms with Crippen LogP contribution < -0.4 is 15.1 Å². The molecule has 2 aromatic heterocycles. The van der Waals surface area contributed by atoms with Gasteiger partial charge in [0.05, 0.1) is 29.5 Å². The number of likely N-dealkylation sites (N-methyl/N-ethyl adjacent to an activating group) is 1. The van der Waals surface area contributed by atoms with Gasteiger partial charge in [-0.3, -0.25) is 4.79 Å². The maximum Gasteiger partial charge on any atom is 0.269 e. The molecular weight excluding hydrogens is 406 g/mol. The number of carbonyl (C=O) groups is 1. The highest BCUT2D eigenvalue weighted by atomic mass is 35.5. The summed E-state index contributed by atoms with van der Waals surface area (Å²) in [4.78, 5) is 27.8. The third kappa shape index (κ3) is 3.39. The van der Waals surface area contributed by atoms with Gasteiger partial charge in [-0.1, -0.05) is 23.7 Å². The molecule has 29 heavy (non-hydrogen) atoms. The number of fused-ring (bicyclic) bond motifs is 1. The van der Waals surface area contributed by atoms with Crippen LogP contribution in [0, 0.1) is 0 Å². The topological polar surface area (TPSA) is 61.4 Å². The molecule has 0 saturated carbocycles. The van der Waals surface area contributed by atoms with E-state index in [2.05, 4.69) is 26.3 Å². The maximum absolute atomic E-state index is 13.0. The Hall–Kier alpha value is -2.48. The van der Waals surface area contributed by atoms with Gasteiger partial charge in [-0.05, 0) is 42.8 Å². The number of nitrogens with one attached hydrogen (secondary N) is 1. The first-order valence-electron chi connectivity index (χ1n) is 9.57. The van der Waals surface area contributed by atoms with E-state index in [1.165, 1.54) is 11.3 Å². The van der Waals surface area contributed by atoms with Crippen molar-refractivity contribution in [2.75, 3.05) is 29.9 Å². The predicted molar refractivity (Wildman–Crippen MR) is 117 cm³/mol. The van der Waals surface area contributed by atoms with Gasteiger partial charge in [-0.25, -0.2) is 9.97 Å². The van der Waals surface area contributed by atoms with Gasteiger partial charge >= 0.3 is 0 Å². The highest BCUT2D eigenvalue weighted by Gasteiger charge is 2.32. The lowest BCUT2D eigenvalue weighted by molar-refractivity contribution is 0.1000. The Kier molecular flexibility index (Phi) is 4.73. The van der Waals surface area contributed by atoms with E-state index in [1.54, 1.807) is 17.3 Å². The third-order valence-electron chi connectivity index (χ3n) is 5.52. The molecular formula is C21H20ClN5OS. The zero-order valence-electron chi connectivity index (χ0n) is 15.9. The molecule has 1 N–H and O–H groups in total.